The summed E-state index contributed by atoms with van der Waals surface area (Å²) in [4.78, 5) is 36.4. The van der Waals surface area contributed by atoms with Gasteiger partial charge >= 0.3 is 18.1 Å². The summed E-state index contributed by atoms with van der Waals surface area (Å²) in [5, 5.41) is 1.97. The molecule has 5 aliphatic carbocycles. The van der Waals surface area contributed by atoms with Crippen LogP contribution in [0.3, 0.4) is 0 Å². The molecule has 4 saturated carbocycles. The first kappa shape index (κ1) is 40.3. The van der Waals surface area contributed by atoms with Gasteiger partial charge in [0.2, 0.25) is 0 Å². The molecular formula is C42H66F3NO5. The van der Waals surface area contributed by atoms with Crippen molar-refractivity contribution in [1.29, 1.82) is 0 Å². The second-order valence-corrected chi connectivity index (χ2v) is 18.1. The SMILES string of the molecule is CC(C)CCC[C@@H](C)[C@H]1CCC2C3CC=C4C[C@@H](OCCCC(=O)CCC(=O)O[C@@H]5CCCCC5NC(=O)C(F)(F)F)CC[C@]4(C)C3CC[C@@]21C. The Hall–Kier alpha value is -1.90. The molecule has 5 aliphatic rings. The fraction of sp³-hybridized carbons (Fsp3) is 0.881. The molecule has 5 rings (SSSR count). The van der Waals surface area contributed by atoms with E-state index in [0.717, 1.165) is 48.3 Å². The Morgan fingerprint density at radius 1 is 0.902 bits per heavy atom. The molecule has 1 N–H and O–H groups in total. The predicted octanol–water partition coefficient (Wildman–Crippen LogP) is 10.1. The first-order valence-electron chi connectivity index (χ1n) is 20.5. The molecule has 4 unspecified atom stereocenters. The average molecular weight is 722 g/mol. The number of rotatable bonds is 15. The molecule has 0 radical (unpaired) electrons. The van der Waals surface area contributed by atoms with Gasteiger partial charge in [0.05, 0.1) is 18.6 Å². The molecule has 0 bridgehead atoms. The zero-order chi connectivity index (χ0) is 37.0. The molecule has 0 spiro atoms. The maximum Gasteiger partial charge on any atom is 0.471 e. The number of hydrogen-bond acceptors (Lipinski definition) is 5. The predicted molar refractivity (Wildman–Crippen MR) is 193 cm³/mol. The van der Waals surface area contributed by atoms with Crippen molar-refractivity contribution >= 4 is 17.7 Å². The van der Waals surface area contributed by atoms with Gasteiger partial charge in [0.15, 0.2) is 0 Å². The summed E-state index contributed by atoms with van der Waals surface area (Å²) >= 11 is 0. The van der Waals surface area contributed by atoms with Gasteiger partial charge in [-0.3, -0.25) is 14.4 Å². The average Bonchev–Trinajstić information content (AvgIpc) is 3.43. The van der Waals surface area contributed by atoms with E-state index >= 15 is 0 Å². The Morgan fingerprint density at radius 2 is 1.67 bits per heavy atom. The number of nitrogens with one attached hydrogen (secondary N) is 1. The molecule has 51 heavy (non-hydrogen) atoms. The third kappa shape index (κ3) is 9.62. The zero-order valence-corrected chi connectivity index (χ0v) is 32.1. The number of carbonyl (C=O) groups excluding carboxylic acids is 3. The van der Waals surface area contributed by atoms with Gasteiger partial charge in [-0.15, -0.1) is 0 Å². The minimum absolute atomic E-state index is 0.0280. The highest BCUT2D eigenvalue weighted by Crippen LogP contribution is 2.67. The van der Waals surface area contributed by atoms with Crippen LogP contribution in [0.2, 0.25) is 0 Å². The summed E-state index contributed by atoms with van der Waals surface area (Å²) in [6.45, 7) is 13.0. The van der Waals surface area contributed by atoms with Crippen LogP contribution in [0.15, 0.2) is 11.6 Å². The number of carbonyl (C=O) groups is 3. The van der Waals surface area contributed by atoms with E-state index in [2.05, 4.69) is 40.7 Å². The van der Waals surface area contributed by atoms with Crippen LogP contribution in [0.25, 0.3) is 0 Å². The molecule has 4 fully saturated rings. The minimum Gasteiger partial charge on any atom is -0.460 e. The highest BCUT2D eigenvalue weighted by molar-refractivity contribution is 5.83. The Kier molecular flexibility index (Phi) is 13.5. The number of alkyl halides is 3. The first-order valence-corrected chi connectivity index (χ1v) is 20.5. The number of ketones is 1. The summed E-state index contributed by atoms with van der Waals surface area (Å²) in [5.41, 5.74) is 2.38. The molecule has 9 heteroatoms. The van der Waals surface area contributed by atoms with Crippen molar-refractivity contribution < 1.29 is 37.0 Å². The molecular weight excluding hydrogens is 655 g/mol. The maximum atomic E-state index is 12.7. The number of esters is 1. The van der Waals surface area contributed by atoms with Crippen molar-refractivity contribution in [1.82, 2.24) is 5.32 Å². The van der Waals surface area contributed by atoms with Crippen molar-refractivity contribution in [3.63, 3.8) is 0 Å². The number of allylic oxidation sites excluding steroid dienone is 1. The molecule has 0 heterocycles. The van der Waals surface area contributed by atoms with Crippen molar-refractivity contribution in [2.45, 2.75) is 181 Å². The largest absolute Gasteiger partial charge is 0.471 e. The lowest BCUT2D eigenvalue weighted by Crippen LogP contribution is -2.51. The number of hydrogen-bond donors (Lipinski definition) is 1. The van der Waals surface area contributed by atoms with Crippen molar-refractivity contribution in [3.8, 4) is 0 Å². The minimum atomic E-state index is -4.99. The maximum absolute atomic E-state index is 12.7. The molecule has 0 aliphatic heterocycles. The van der Waals surface area contributed by atoms with Gasteiger partial charge in [0.1, 0.15) is 11.9 Å². The van der Waals surface area contributed by atoms with Crippen molar-refractivity contribution in [2.75, 3.05) is 6.61 Å². The number of ether oxygens (including phenoxy) is 2. The fourth-order valence-corrected chi connectivity index (χ4v) is 11.6. The smallest absolute Gasteiger partial charge is 0.460 e. The van der Waals surface area contributed by atoms with E-state index in [1.807, 2.05) is 5.32 Å². The number of Topliss-reactive ketones (excluding diaryl/α,β-unsaturated/α-hetero) is 1. The van der Waals surface area contributed by atoms with Gasteiger partial charge in [-0.1, -0.05) is 72.0 Å². The topological polar surface area (TPSA) is 81.7 Å². The van der Waals surface area contributed by atoms with Gasteiger partial charge in [-0.05, 0) is 123 Å². The summed E-state index contributed by atoms with van der Waals surface area (Å²) < 4.78 is 49.9. The van der Waals surface area contributed by atoms with E-state index in [4.69, 9.17) is 9.47 Å². The van der Waals surface area contributed by atoms with Gasteiger partial charge in [-0.25, -0.2) is 0 Å². The van der Waals surface area contributed by atoms with Crippen LogP contribution in [0.5, 0.6) is 0 Å². The summed E-state index contributed by atoms with van der Waals surface area (Å²) in [6.07, 6.45) is 14.0. The second-order valence-electron chi connectivity index (χ2n) is 18.1. The van der Waals surface area contributed by atoms with Gasteiger partial charge in [0, 0.05) is 19.4 Å². The van der Waals surface area contributed by atoms with Crippen LogP contribution in [-0.2, 0) is 23.9 Å². The van der Waals surface area contributed by atoms with Crippen molar-refractivity contribution in [2.24, 2.45) is 46.3 Å². The highest BCUT2D eigenvalue weighted by Gasteiger charge is 2.59. The van der Waals surface area contributed by atoms with E-state index < -0.39 is 30.2 Å². The molecule has 6 nitrogen and oxygen atoms in total. The van der Waals surface area contributed by atoms with E-state index in [1.54, 1.807) is 5.57 Å². The summed E-state index contributed by atoms with van der Waals surface area (Å²) in [6, 6.07) is -0.871. The number of fused-ring (bicyclic) bond motifs is 5. The number of halogens is 3. The summed E-state index contributed by atoms with van der Waals surface area (Å²) in [7, 11) is 0. The molecule has 0 aromatic rings. The van der Waals surface area contributed by atoms with Crippen LogP contribution in [0.4, 0.5) is 13.2 Å². The van der Waals surface area contributed by atoms with Crippen LogP contribution < -0.4 is 5.32 Å². The van der Waals surface area contributed by atoms with E-state index in [1.165, 1.54) is 57.8 Å². The van der Waals surface area contributed by atoms with Crippen LogP contribution in [0.1, 0.15) is 157 Å². The van der Waals surface area contributed by atoms with Crippen LogP contribution in [-0.4, -0.2) is 48.7 Å². The van der Waals surface area contributed by atoms with E-state index in [9.17, 15) is 27.6 Å². The van der Waals surface area contributed by atoms with Crippen molar-refractivity contribution in [3.05, 3.63) is 11.6 Å². The monoisotopic (exact) mass is 721 g/mol. The van der Waals surface area contributed by atoms with Gasteiger partial charge < -0.3 is 14.8 Å². The normalized spacial score (nSPS) is 35.6. The van der Waals surface area contributed by atoms with E-state index in [-0.39, 0.29) is 30.1 Å². The zero-order valence-electron chi connectivity index (χ0n) is 32.1. The third-order valence-corrected chi connectivity index (χ3v) is 14.4. The Morgan fingerprint density at radius 3 is 2.41 bits per heavy atom. The number of amides is 1. The first-order chi connectivity index (χ1) is 24.1. The Labute approximate surface area is 305 Å². The van der Waals surface area contributed by atoms with E-state index in [0.29, 0.717) is 50.5 Å². The molecule has 0 saturated heterocycles. The molecule has 0 aromatic heterocycles. The van der Waals surface area contributed by atoms with Crippen LogP contribution in [0, 0.1) is 46.3 Å². The lowest BCUT2D eigenvalue weighted by Gasteiger charge is -2.58. The fourth-order valence-electron chi connectivity index (χ4n) is 11.6. The highest BCUT2D eigenvalue weighted by atomic mass is 19.4. The quantitative estimate of drug-likeness (QED) is 0.103. The summed E-state index contributed by atoms with van der Waals surface area (Å²) in [5.74, 6) is 2.25. The molecule has 0 aromatic carbocycles. The van der Waals surface area contributed by atoms with Crippen LogP contribution >= 0.6 is 0 Å². The molecule has 290 valence electrons. The lowest BCUT2D eigenvalue weighted by molar-refractivity contribution is -0.176. The van der Waals surface area contributed by atoms with Gasteiger partial charge in [0.25, 0.3) is 0 Å². The Bertz CT molecular complexity index is 1250. The van der Waals surface area contributed by atoms with Gasteiger partial charge in [-0.2, -0.15) is 13.2 Å². The second kappa shape index (κ2) is 17.1. The standard InChI is InChI=1S/C42H66F3NO5/c1-27(2)10-8-11-28(3)33-18-19-34-32-17-15-29-26-31(21-23-40(29,4)35(32)22-24-41(33,34)5)50-25-9-12-30(47)16-20-38(48)51-37-14-7-6-13-36(37)46-39(49)42(43,44)45/h15,27-28,31-37H,6-14,16-26H2,1-5H3,(H,46,49)/t28-,31+,32?,33-,34?,35?,36?,37-,40+,41-/m1/s1. The third-order valence-electron chi connectivity index (χ3n) is 14.4. The molecule has 10 atom stereocenters. The Balaban J connectivity index is 1.02. The lowest BCUT2D eigenvalue weighted by atomic mass is 9.47. The molecule has 1 amide bonds.